The van der Waals surface area contributed by atoms with E-state index in [1.54, 1.807) is 43.5 Å². The fourth-order valence-electron chi connectivity index (χ4n) is 1.85. The van der Waals surface area contributed by atoms with Crippen molar-refractivity contribution in [1.82, 2.24) is 0 Å². The molecule has 0 amide bonds. The van der Waals surface area contributed by atoms with Crippen LogP contribution in [-0.4, -0.2) is 7.11 Å². The van der Waals surface area contributed by atoms with Crippen molar-refractivity contribution in [2.24, 2.45) is 0 Å². The number of ether oxygens (including phenoxy) is 2. The minimum Gasteiger partial charge on any atom is -0.496 e. The minimum absolute atomic E-state index is 0.174. The van der Waals surface area contributed by atoms with Gasteiger partial charge in [0.2, 0.25) is 0 Å². The van der Waals surface area contributed by atoms with Crippen molar-refractivity contribution >= 4 is 11.6 Å². The third kappa shape index (κ3) is 3.25. The van der Waals surface area contributed by atoms with Gasteiger partial charge in [0.1, 0.15) is 29.7 Å². The Morgan fingerprint density at radius 3 is 2.57 bits per heavy atom. The van der Waals surface area contributed by atoms with E-state index in [1.165, 1.54) is 0 Å². The zero-order valence-corrected chi connectivity index (χ0v) is 12.0. The second-order valence-corrected chi connectivity index (χ2v) is 4.56. The maximum Gasteiger partial charge on any atom is 0.139 e. The van der Waals surface area contributed by atoms with E-state index in [0.717, 1.165) is 5.56 Å². The molecule has 0 aromatic heterocycles. The van der Waals surface area contributed by atoms with Crippen LogP contribution in [0.3, 0.4) is 0 Å². The summed E-state index contributed by atoms with van der Waals surface area (Å²) in [5, 5.41) is 18.4. The van der Waals surface area contributed by atoms with Crippen LogP contribution in [-0.2, 0) is 6.61 Å². The Morgan fingerprint density at radius 1 is 1.10 bits per heavy atom. The summed E-state index contributed by atoms with van der Waals surface area (Å²) in [6, 6.07) is 14.2. The molecule has 0 bridgehead atoms. The average molecular weight is 299 g/mol. The van der Waals surface area contributed by atoms with Gasteiger partial charge < -0.3 is 9.47 Å². The minimum atomic E-state index is 0.174. The van der Waals surface area contributed by atoms with Gasteiger partial charge in [0, 0.05) is 5.56 Å². The maximum absolute atomic E-state index is 9.10. The predicted molar refractivity (Wildman–Crippen MR) is 78.2 cm³/mol. The number of halogens is 1. The van der Waals surface area contributed by atoms with E-state index in [0.29, 0.717) is 22.1 Å². The van der Waals surface area contributed by atoms with Crippen LogP contribution in [0.25, 0.3) is 0 Å². The lowest BCUT2D eigenvalue weighted by molar-refractivity contribution is 0.296. The second-order valence-electron chi connectivity index (χ2n) is 4.15. The fourth-order valence-corrected chi connectivity index (χ4v) is 2.06. The van der Waals surface area contributed by atoms with Crippen LogP contribution in [0.5, 0.6) is 11.5 Å². The monoisotopic (exact) mass is 298 g/mol. The van der Waals surface area contributed by atoms with Crippen molar-refractivity contribution in [3.8, 4) is 23.6 Å². The summed E-state index contributed by atoms with van der Waals surface area (Å²) in [6.45, 7) is 0.174. The molecule has 0 spiro atoms. The molecule has 104 valence electrons. The van der Waals surface area contributed by atoms with Crippen molar-refractivity contribution in [2.75, 3.05) is 7.11 Å². The average Bonchev–Trinajstić information content (AvgIpc) is 2.52. The number of rotatable bonds is 4. The van der Waals surface area contributed by atoms with Crippen LogP contribution in [0.15, 0.2) is 36.4 Å². The zero-order valence-electron chi connectivity index (χ0n) is 11.3. The highest BCUT2D eigenvalue weighted by atomic mass is 35.5. The molecule has 0 unspecified atom stereocenters. The first-order valence-corrected chi connectivity index (χ1v) is 6.45. The quantitative estimate of drug-likeness (QED) is 0.863. The van der Waals surface area contributed by atoms with Crippen LogP contribution >= 0.6 is 11.6 Å². The molecular formula is C16H11ClN2O2. The van der Waals surface area contributed by atoms with Gasteiger partial charge in [0.15, 0.2) is 0 Å². The fraction of sp³-hybridized carbons (Fsp3) is 0.125. The van der Waals surface area contributed by atoms with E-state index >= 15 is 0 Å². The Morgan fingerprint density at radius 2 is 1.90 bits per heavy atom. The summed E-state index contributed by atoms with van der Waals surface area (Å²) < 4.78 is 10.9. The van der Waals surface area contributed by atoms with E-state index < -0.39 is 0 Å². The standard InChI is InChI=1S/C16H11ClN2O2/c1-20-15-6-5-11(8-18)7-12(15)10-21-16-4-2-3-14(17)13(16)9-19/h2-7H,10H2,1H3. The van der Waals surface area contributed by atoms with Crippen LogP contribution in [0, 0.1) is 22.7 Å². The third-order valence-electron chi connectivity index (χ3n) is 2.88. The summed E-state index contributed by atoms with van der Waals surface area (Å²) in [5.74, 6) is 1.02. The van der Waals surface area contributed by atoms with Crippen LogP contribution in [0.2, 0.25) is 5.02 Å². The summed E-state index contributed by atoms with van der Waals surface area (Å²) in [5.41, 5.74) is 1.52. The normalized spacial score (nSPS) is 9.52. The molecule has 21 heavy (non-hydrogen) atoms. The first-order valence-electron chi connectivity index (χ1n) is 6.08. The van der Waals surface area contributed by atoms with Crippen molar-refractivity contribution < 1.29 is 9.47 Å². The maximum atomic E-state index is 9.10. The Bertz CT molecular complexity index is 745. The molecule has 0 saturated carbocycles. The molecule has 0 aliphatic rings. The number of benzene rings is 2. The van der Waals surface area contributed by atoms with Crippen LogP contribution in [0.1, 0.15) is 16.7 Å². The molecule has 4 nitrogen and oxygen atoms in total. The molecule has 0 aliphatic heterocycles. The van der Waals surface area contributed by atoms with Crippen molar-refractivity contribution in [3.05, 3.63) is 58.1 Å². The number of nitrogens with zero attached hydrogens (tertiary/aromatic N) is 2. The van der Waals surface area contributed by atoms with Crippen molar-refractivity contribution in [1.29, 1.82) is 10.5 Å². The van der Waals surface area contributed by atoms with E-state index in [2.05, 4.69) is 6.07 Å². The van der Waals surface area contributed by atoms with Gasteiger partial charge in [0.25, 0.3) is 0 Å². The highest BCUT2D eigenvalue weighted by Gasteiger charge is 2.10. The van der Waals surface area contributed by atoms with Gasteiger partial charge in [-0.25, -0.2) is 0 Å². The molecule has 2 aromatic carbocycles. The van der Waals surface area contributed by atoms with Crippen molar-refractivity contribution in [2.45, 2.75) is 6.61 Å². The Labute approximate surface area is 127 Å². The Hall–Kier alpha value is -2.69. The summed E-state index contributed by atoms with van der Waals surface area (Å²) >= 11 is 5.95. The molecule has 0 radical (unpaired) electrons. The molecule has 0 aliphatic carbocycles. The SMILES string of the molecule is COc1ccc(C#N)cc1COc1cccc(Cl)c1C#N. The number of hydrogen-bond acceptors (Lipinski definition) is 4. The van der Waals surface area contributed by atoms with Gasteiger partial charge in [-0.2, -0.15) is 10.5 Å². The molecule has 0 N–H and O–H groups in total. The molecule has 0 atom stereocenters. The smallest absolute Gasteiger partial charge is 0.139 e. The molecule has 0 saturated heterocycles. The second kappa shape index (κ2) is 6.65. The van der Waals surface area contributed by atoms with Gasteiger partial charge in [-0.15, -0.1) is 0 Å². The Balaban J connectivity index is 2.27. The number of hydrogen-bond donors (Lipinski definition) is 0. The Kier molecular flexibility index (Phi) is 4.66. The topological polar surface area (TPSA) is 66.0 Å². The van der Waals surface area contributed by atoms with Crippen molar-refractivity contribution in [3.63, 3.8) is 0 Å². The summed E-state index contributed by atoms with van der Waals surface area (Å²) in [6.07, 6.45) is 0. The zero-order chi connectivity index (χ0) is 15.2. The lowest BCUT2D eigenvalue weighted by Gasteiger charge is -2.12. The first kappa shape index (κ1) is 14.7. The highest BCUT2D eigenvalue weighted by molar-refractivity contribution is 6.31. The van der Waals surface area contributed by atoms with Gasteiger partial charge in [-0.05, 0) is 30.3 Å². The lowest BCUT2D eigenvalue weighted by Crippen LogP contribution is -2.01. The van der Waals surface area contributed by atoms with E-state index in [4.69, 9.17) is 31.6 Å². The number of methoxy groups -OCH3 is 1. The molecule has 2 aromatic rings. The van der Waals surface area contributed by atoms with Gasteiger partial charge in [0.05, 0.1) is 23.8 Å². The van der Waals surface area contributed by atoms with Gasteiger partial charge >= 0.3 is 0 Å². The highest BCUT2D eigenvalue weighted by Crippen LogP contribution is 2.27. The van der Waals surface area contributed by atoms with E-state index in [9.17, 15) is 0 Å². The third-order valence-corrected chi connectivity index (χ3v) is 3.19. The van der Waals surface area contributed by atoms with E-state index in [-0.39, 0.29) is 12.2 Å². The summed E-state index contributed by atoms with van der Waals surface area (Å²) in [4.78, 5) is 0. The molecule has 5 heteroatoms. The van der Waals surface area contributed by atoms with Gasteiger partial charge in [-0.3, -0.25) is 0 Å². The van der Waals surface area contributed by atoms with Crippen LogP contribution in [0.4, 0.5) is 0 Å². The van der Waals surface area contributed by atoms with E-state index in [1.807, 2.05) is 6.07 Å². The lowest BCUT2D eigenvalue weighted by atomic mass is 10.1. The first-order chi connectivity index (χ1) is 10.2. The molecule has 0 fully saturated rings. The van der Waals surface area contributed by atoms with Gasteiger partial charge in [-0.1, -0.05) is 17.7 Å². The molecule has 2 rings (SSSR count). The summed E-state index contributed by atoms with van der Waals surface area (Å²) in [7, 11) is 1.55. The predicted octanol–water partition coefficient (Wildman–Crippen LogP) is 3.67. The largest absolute Gasteiger partial charge is 0.496 e. The molecular weight excluding hydrogens is 288 g/mol. The van der Waals surface area contributed by atoms with Crippen LogP contribution < -0.4 is 9.47 Å². The number of nitriles is 2. The molecule has 0 heterocycles.